The van der Waals surface area contributed by atoms with Crippen LogP contribution in [0.3, 0.4) is 0 Å². The predicted molar refractivity (Wildman–Crippen MR) is 86.3 cm³/mol. The molecular weight excluding hydrogens is 284 g/mol. The van der Waals surface area contributed by atoms with Crippen LogP contribution in [0.4, 0.5) is 0 Å². The zero-order chi connectivity index (χ0) is 15.7. The maximum Gasteiger partial charge on any atom is 0.283 e. The van der Waals surface area contributed by atoms with E-state index in [2.05, 4.69) is 37.4 Å². The maximum absolute atomic E-state index is 12.1. The average Bonchev–Trinajstić information content (AvgIpc) is 2.65. The van der Waals surface area contributed by atoms with Crippen LogP contribution in [0.2, 0.25) is 0 Å². The fourth-order valence-corrected chi connectivity index (χ4v) is 3.79. The van der Waals surface area contributed by atoms with E-state index in [1.165, 1.54) is 0 Å². The van der Waals surface area contributed by atoms with Gasteiger partial charge >= 0.3 is 0 Å². The van der Waals surface area contributed by atoms with Crippen molar-refractivity contribution in [3.63, 3.8) is 0 Å². The van der Waals surface area contributed by atoms with E-state index < -0.39 is 10.0 Å². The van der Waals surface area contributed by atoms with Crippen molar-refractivity contribution in [3.8, 4) is 0 Å². The molecule has 0 radical (unpaired) electrons. The number of hydrogen-bond donors (Lipinski definition) is 1. The molecule has 21 heavy (non-hydrogen) atoms. The number of sulfonamides is 1. The molecule has 4 nitrogen and oxygen atoms in total. The molecule has 116 valence electrons. The number of fused-ring (bicyclic) bond motifs is 1. The van der Waals surface area contributed by atoms with Crippen LogP contribution in [0.5, 0.6) is 0 Å². The van der Waals surface area contributed by atoms with Gasteiger partial charge in [0.2, 0.25) is 0 Å². The molecule has 2 rings (SSSR count). The fourth-order valence-electron chi connectivity index (χ4n) is 2.52. The molecule has 1 unspecified atom stereocenters. The Morgan fingerprint density at radius 2 is 1.90 bits per heavy atom. The molecule has 0 saturated heterocycles. The van der Waals surface area contributed by atoms with E-state index in [0.717, 1.165) is 18.5 Å². The fraction of sp³-hybridized carbons (Fsp3) is 0.562. The molecule has 1 heterocycles. The van der Waals surface area contributed by atoms with E-state index in [-0.39, 0.29) is 11.5 Å². The number of hydrogen-bond acceptors (Lipinski definition) is 3. The van der Waals surface area contributed by atoms with Crippen LogP contribution in [0.15, 0.2) is 33.6 Å². The van der Waals surface area contributed by atoms with Crippen molar-refractivity contribution in [3.05, 3.63) is 29.8 Å². The maximum atomic E-state index is 12.1. The quantitative estimate of drug-likeness (QED) is 0.909. The van der Waals surface area contributed by atoms with Crippen LogP contribution in [0.25, 0.3) is 0 Å². The normalized spacial score (nSPS) is 18.2. The first-order valence-electron chi connectivity index (χ1n) is 7.42. The van der Waals surface area contributed by atoms with Crippen LogP contribution >= 0.6 is 0 Å². The van der Waals surface area contributed by atoms with Gasteiger partial charge in [-0.25, -0.2) is 0 Å². The Labute approximate surface area is 127 Å². The highest BCUT2D eigenvalue weighted by atomic mass is 32.2. The van der Waals surface area contributed by atoms with Crippen molar-refractivity contribution in [2.45, 2.75) is 51.5 Å². The molecule has 0 aliphatic carbocycles. The van der Waals surface area contributed by atoms with Crippen molar-refractivity contribution < 1.29 is 8.42 Å². The lowest BCUT2D eigenvalue weighted by molar-refractivity contribution is 0.275. The lowest BCUT2D eigenvalue weighted by Crippen LogP contribution is -2.42. The first kappa shape index (κ1) is 16.2. The molecule has 0 aromatic heterocycles. The zero-order valence-corrected chi connectivity index (χ0v) is 14.0. The summed E-state index contributed by atoms with van der Waals surface area (Å²) in [5.41, 5.74) is 1.47. The van der Waals surface area contributed by atoms with E-state index in [9.17, 15) is 8.42 Å². The molecule has 0 fully saturated rings. The van der Waals surface area contributed by atoms with Gasteiger partial charge in [0.15, 0.2) is 0 Å². The van der Waals surface area contributed by atoms with Crippen molar-refractivity contribution in [2.75, 3.05) is 6.54 Å². The monoisotopic (exact) mass is 308 g/mol. The summed E-state index contributed by atoms with van der Waals surface area (Å²) >= 11 is 0. The molecule has 1 aliphatic rings. The Morgan fingerprint density at radius 1 is 1.24 bits per heavy atom. The van der Waals surface area contributed by atoms with E-state index in [0.29, 0.717) is 17.0 Å². The van der Waals surface area contributed by atoms with Crippen LogP contribution in [0.1, 0.15) is 46.1 Å². The molecular formula is C16H24N2O2S. The Kier molecular flexibility index (Phi) is 4.54. The van der Waals surface area contributed by atoms with Gasteiger partial charge in [0.05, 0.1) is 10.6 Å². The summed E-state index contributed by atoms with van der Waals surface area (Å²) in [6.07, 6.45) is 1.67. The van der Waals surface area contributed by atoms with Gasteiger partial charge in [0, 0.05) is 18.0 Å². The van der Waals surface area contributed by atoms with Gasteiger partial charge in [-0.2, -0.15) is 12.8 Å². The van der Waals surface area contributed by atoms with Crippen LogP contribution in [-0.4, -0.2) is 26.7 Å². The summed E-state index contributed by atoms with van der Waals surface area (Å²) in [7, 11) is -3.51. The first-order chi connectivity index (χ1) is 9.75. The largest absolute Gasteiger partial charge is 0.313 e. The molecule has 1 atom stereocenters. The minimum atomic E-state index is -3.51. The minimum Gasteiger partial charge on any atom is -0.313 e. The molecule has 0 spiro atoms. The molecule has 5 heteroatoms. The van der Waals surface area contributed by atoms with Gasteiger partial charge in [-0.3, -0.25) is 0 Å². The highest BCUT2D eigenvalue weighted by Crippen LogP contribution is 2.30. The molecule has 0 saturated carbocycles. The van der Waals surface area contributed by atoms with Gasteiger partial charge < -0.3 is 5.32 Å². The third kappa shape index (κ3) is 3.52. The van der Waals surface area contributed by atoms with E-state index in [1.807, 2.05) is 12.1 Å². The Bertz CT molecular complexity index is 642. The number of rotatable bonds is 5. The topological polar surface area (TPSA) is 58.5 Å². The van der Waals surface area contributed by atoms with Crippen LogP contribution in [-0.2, 0) is 10.0 Å². The lowest BCUT2D eigenvalue weighted by Gasteiger charge is -2.31. The second-order valence-corrected chi connectivity index (χ2v) is 8.16. The summed E-state index contributed by atoms with van der Waals surface area (Å²) in [6, 6.07) is 7.27. The summed E-state index contributed by atoms with van der Waals surface area (Å²) < 4.78 is 28.2. The zero-order valence-electron chi connectivity index (χ0n) is 13.2. The minimum absolute atomic E-state index is 0.0407. The third-order valence-corrected chi connectivity index (χ3v) is 5.16. The van der Waals surface area contributed by atoms with Crippen LogP contribution < -0.4 is 5.32 Å². The number of nitrogens with zero attached hydrogens (tertiary/aromatic N) is 1. The number of nitrogens with one attached hydrogen (secondary N) is 1. The molecule has 1 aromatic carbocycles. The Balaban J connectivity index is 2.30. The highest BCUT2D eigenvalue weighted by molar-refractivity contribution is 7.90. The first-order valence-corrected chi connectivity index (χ1v) is 8.86. The molecule has 1 aliphatic heterocycles. The standard InChI is InChI=1S/C16H24N2O2S/c1-5-10-17-15(16(2,3)4)11-13-12-8-6-7-9-14(12)21(19,20)18-13/h6-9,15,17H,5,10-11H2,1-4H3. The summed E-state index contributed by atoms with van der Waals surface area (Å²) in [4.78, 5) is 0.336. The van der Waals surface area contributed by atoms with Gasteiger partial charge in [-0.1, -0.05) is 45.9 Å². The van der Waals surface area contributed by atoms with Crippen molar-refractivity contribution in [1.82, 2.24) is 5.32 Å². The Morgan fingerprint density at radius 3 is 2.52 bits per heavy atom. The second-order valence-electron chi connectivity index (χ2n) is 6.59. The van der Waals surface area contributed by atoms with Crippen molar-refractivity contribution in [1.29, 1.82) is 0 Å². The van der Waals surface area contributed by atoms with E-state index in [1.54, 1.807) is 12.1 Å². The van der Waals surface area contributed by atoms with E-state index in [4.69, 9.17) is 0 Å². The SMILES string of the molecule is CCCNC(CC1=NS(=O)(=O)c2ccccc21)C(C)(C)C. The summed E-state index contributed by atoms with van der Waals surface area (Å²) in [5.74, 6) is 0. The summed E-state index contributed by atoms with van der Waals surface area (Å²) in [5, 5.41) is 3.52. The van der Waals surface area contributed by atoms with Gasteiger partial charge in [-0.05, 0) is 24.4 Å². The van der Waals surface area contributed by atoms with Crippen molar-refractivity contribution >= 4 is 15.7 Å². The predicted octanol–water partition coefficient (Wildman–Crippen LogP) is 2.98. The third-order valence-electron chi connectivity index (χ3n) is 3.79. The van der Waals surface area contributed by atoms with Gasteiger partial charge in [-0.15, -0.1) is 0 Å². The van der Waals surface area contributed by atoms with Gasteiger partial charge in [0.1, 0.15) is 0 Å². The smallest absolute Gasteiger partial charge is 0.283 e. The number of benzene rings is 1. The molecule has 1 N–H and O–H groups in total. The second kappa shape index (κ2) is 5.89. The van der Waals surface area contributed by atoms with Crippen LogP contribution in [0, 0.1) is 5.41 Å². The Hall–Kier alpha value is -1.20. The molecule has 1 aromatic rings. The summed E-state index contributed by atoms with van der Waals surface area (Å²) in [6.45, 7) is 9.53. The lowest BCUT2D eigenvalue weighted by atomic mass is 9.82. The highest BCUT2D eigenvalue weighted by Gasteiger charge is 2.32. The molecule has 0 amide bonds. The van der Waals surface area contributed by atoms with Crippen molar-refractivity contribution in [2.24, 2.45) is 9.81 Å². The van der Waals surface area contributed by atoms with Gasteiger partial charge in [0.25, 0.3) is 10.0 Å². The van der Waals surface area contributed by atoms with E-state index >= 15 is 0 Å². The average molecular weight is 308 g/mol. The molecule has 0 bridgehead atoms.